The average molecular weight is 280 g/mol. The van der Waals surface area contributed by atoms with E-state index < -0.39 is 0 Å². The molecule has 0 atom stereocenters. The van der Waals surface area contributed by atoms with Gasteiger partial charge in [-0.05, 0) is 50.3 Å². The van der Waals surface area contributed by atoms with Crippen molar-refractivity contribution in [3.05, 3.63) is 22.4 Å². The first-order chi connectivity index (χ1) is 9.34. The van der Waals surface area contributed by atoms with Crippen LogP contribution in [0.15, 0.2) is 17.5 Å². The van der Waals surface area contributed by atoms with Crippen molar-refractivity contribution in [2.45, 2.75) is 38.5 Å². The van der Waals surface area contributed by atoms with Crippen molar-refractivity contribution in [3.63, 3.8) is 0 Å². The lowest BCUT2D eigenvalue weighted by Crippen LogP contribution is -2.31. The maximum atomic E-state index is 11.7. The Morgan fingerprint density at radius 2 is 2.05 bits per heavy atom. The number of amides is 1. The Kier molecular flexibility index (Phi) is 6.37. The second-order valence-corrected chi connectivity index (χ2v) is 6.25. The van der Waals surface area contributed by atoms with Crippen molar-refractivity contribution < 1.29 is 4.79 Å². The highest BCUT2D eigenvalue weighted by molar-refractivity contribution is 7.10. The van der Waals surface area contributed by atoms with Crippen molar-refractivity contribution in [1.29, 1.82) is 0 Å². The Labute approximate surface area is 120 Å². The van der Waals surface area contributed by atoms with Gasteiger partial charge in [-0.3, -0.25) is 4.79 Å². The number of carbonyl (C=O) groups is 1. The van der Waals surface area contributed by atoms with Crippen LogP contribution < -0.4 is 5.32 Å². The summed E-state index contributed by atoms with van der Waals surface area (Å²) in [7, 11) is 0. The molecule has 1 N–H and O–H groups in total. The van der Waals surface area contributed by atoms with E-state index >= 15 is 0 Å². The molecule has 1 saturated heterocycles. The highest BCUT2D eigenvalue weighted by atomic mass is 32.1. The van der Waals surface area contributed by atoms with E-state index in [-0.39, 0.29) is 5.91 Å². The minimum absolute atomic E-state index is 0.151. The van der Waals surface area contributed by atoms with Crippen LogP contribution in [0.2, 0.25) is 0 Å². The number of hydrogen-bond donors (Lipinski definition) is 1. The predicted molar refractivity (Wildman–Crippen MR) is 80.6 cm³/mol. The maximum Gasteiger partial charge on any atom is 0.225 e. The zero-order chi connectivity index (χ0) is 13.3. The molecule has 0 aliphatic carbocycles. The normalized spacial score (nSPS) is 17.1. The SMILES string of the molecule is O=C(Cc1cccs1)NCCCN1CCCCCC1. The van der Waals surface area contributed by atoms with Crippen LogP contribution in [0.3, 0.4) is 0 Å². The van der Waals surface area contributed by atoms with Crippen molar-refractivity contribution in [2.24, 2.45) is 0 Å². The number of rotatable bonds is 6. The largest absolute Gasteiger partial charge is 0.356 e. The molecular formula is C15H24N2OS. The summed E-state index contributed by atoms with van der Waals surface area (Å²) in [6.45, 7) is 4.41. The Bertz CT molecular complexity index is 356. The van der Waals surface area contributed by atoms with Gasteiger partial charge in [-0.15, -0.1) is 11.3 Å². The van der Waals surface area contributed by atoms with Gasteiger partial charge in [-0.2, -0.15) is 0 Å². The van der Waals surface area contributed by atoms with Crippen LogP contribution in [-0.4, -0.2) is 37.0 Å². The first kappa shape index (κ1) is 14.5. The van der Waals surface area contributed by atoms with Gasteiger partial charge in [-0.25, -0.2) is 0 Å². The molecule has 2 heterocycles. The third-order valence-electron chi connectivity index (χ3n) is 3.59. The van der Waals surface area contributed by atoms with Crippen LogP contribution in [0.4, 0.5) is 0 Å². The van der Waals surface area contributed by atoms with Crippen LogP contribution in [-0.2, 0) is 11.2 Å². The third kappa shape index (κ3) is 5.74. The number of hydrogen-bond acceptors (Lipinski definition) is 3. The summed E-state index contributed by atoms with van der Waals surface area (Å²) in [5.74, 6) is 0.151. The first-order valence-electron chi connectivity index (χ1n) is 7.36. The van der Waals surface area contributed by atoms with Crippen LogP contribution in [0.1, 0.15) is 37.0 Å². The summed E-state index contributed by atoms with van der Waals surface area (Å²) < 4.78 is 0. The molecule has 3 nitrogen and oxygen atoms in total. The first-order valence-corrected chi connectivity index (χ1v) is 8.24. The molecule has 0 bridgehead atoms. The van der Waals surface area contributed by atoms with Gasteiger partial charge in [0.05, 0.1) is 6.42 Å². The van der Waals surface area contributed by atoms with Crippen molar-refractivity contribution in [2.75, 3.05) is 26.2 Å². The fourth-order valence-corrected chi connectivity index (χ4v) is 3.23. The summed E-state index contributed by atoms with van der Waals surface area (Å²) in [4.78, 5) is 15.4. The summed E-state index contributed by atoms with van der Waals surface area (Å²) in [5.41, 5.74) is 0. The number of nitrogens with zero attached hydrogens (tertiary/aromatic N) is 1. The lowest BCUT2D eigenvalue weighted by atomic mass is 10.2. The Hall–Kier alpha value is -0.870. The molecule has 19 heavy (non-hydrogen) atoms. The van der Waals surface area contributed by atoms with Crippen molar-refractivity contribution >= 4 is 17.2 Å². The molecule has 0 unspecified atom stereocenters. The van der Waals surface area contributed by atoms with E-state index in [0.29, 0.717) is 6.42 Å². The lowest BCUT2D eigenvalue weighted by molar-refractivity contribution is -0.120. The van der Waals surface area contributed by atoms with Gasteiger partial charge in [0.2, 0.25) is 5.91 Å². The molecule has 0 saturated carbocycles. The fourth-order valence-electron chi connectivity index (χ4n) is 2.52. The molecule has 1 fully saturated rings. The highest BCUT2D eigenvalue weighted by Crippen LogP contribution is 2.10. The Morgan fingerprint density at radius 1 is 1.26 bits per heavy atom. The zero-order valence-corrected chi connectivity index (χ0v) is 12.4. The zero-order valence-electron chi connectivity index (χ0n) is 11.6. The molecule has 0 aromatic carbocycles. The van der Waals surface area contributed by atoms with E-state index in [9.17, 15) is 4.79 Å². The minimum Gasteiger partial charge on any atom is -0.356 e. The molecule has 1 aromatic rings. The fraction of sp³-hybridized carbons (Fsp3) is 0.667. The van der Waals surface area contributed by atoms with Gasteiger partial charge in [0.25, 0.3) is 0 Å². The monoisotopic (exact) mass is 280 g/mol. The second kappa shape index (κ2) is 8.33. The van der Waals surface area contributed by atoms with E-state index in [2.05, 4.69) is 10.2 Å². The van der Waals surface area contributed by atoms with Crippen LogP contribution >= 0.6 is 11.3 Å². The Balaban J connectivity index is 1.54. The predicted octanol–water partition coefficient (Wildman–Crippen LogP) is 2.67. The molecule has 106 valence electrons. The van der Waals surface area contributed by atoms with Crippen molar-refractivity contribution in [1.82, 2.24) is 10.2 Å². The molecule has 4 heteroatoms. The van der Waals surface area contributed by atoms with Crippen LogP contribution in [0.25, 0.3) is 0 Å². The molecule has 0 radical (unpaired) electrons. The molecule has 2 rings (SSSR count). The molecule has 0 spiro atoms. The van der Waals surface area contributed by atoms with Gasteiger partial charge in [-0.1, -0.05) is 18.9 Å². The van der Waals surface area contributed by atoms with Gasteiger partial charge in [0, 0.05) is 11.4 Å². The number of carbonyl (C=O) groups excluding carboxylic acids is 1. The van der Waals surface area contributed by atoms with E-state index in [1.54, 1.807) is 11.3 Å². The van der Waals surface area contributed by atoms with E-state index in [4.69, 9.17) is 0 Å². The minimum atomic E-state index is 0.151. The van der Waals surface area contributed by atoms with Crippen LogP contribution in [0, 0.1) is 0 Å². The quantitative estimate of drug-likeness (QED) is 0.813. The topological polar surface area (TPSA) is 32.3 Å². The number of likely N-dealkylation sites (tertiary alicyclic amines) is 1. The summed E-state index contributed by atoms with van der Waals surface area (Å²) in [5, 5.41) is 5.03. The highest BCUT2D eigenvalue weighted by Gasteiger charge is 2.08. The lowest BCUT2D eigenvalue weighted by Gasteiger charge is -2.19. The van der Waals surface area contributed by atoms with Gasteiger partial charge in [0.1, 0.15) is 0 Å². The second-order valence-electron chi connectivity index (χ2n) is 5.22. The van der Waals surface area contributed by atoms with Gasteiger partial charge in [0.15, 0.2) is 0 Å². The summed E-state index contributed by atoms with van der Waals surface area (Å²) in [6, 6.07) is 4.01. The number of thiophene rings is 1. The van der Waals surface area contributed by atoms with Gasteiger partial charge < -0.3 is 10.2 Å². The van der Waals surface area contributed by atoms with E-state index in [1.807, 2.05) is 17.5 Å². The van der Waals surface area contributed by atoms with Gasteiger partial charge >= 0.3 is 0 Å². The third-order valence-corrected chi connectivity index (χ3v) is 4.46. The molecule has 1 aromatic heterocycles. The number of nitrogens with one attached hydrogen (secondary N) is 1. The smallest absolute Gasteiger partial charge is 0.225 e. The van der Waals surface area contributed by atoms with E-state index in [1.165, 1.54) is 38.8 Å². The van der Waals surface area contributed by atoms with Crippen molar-refractivity contribution in [3.8, 4) is 0 Å². The standard InChI is InChI=1S/C15H24N2OS/c18-15(13-14-7-5-12-19-14)16-8-6-11-17-9-3-1-2-4-10-17/h5,7,12H,1-4,6,8-11,13H2,(H,16,18). The average Bonchev–Trinajstić information content (AvgIpc) is 2.76. The molecule has 1 amide bonds. The molecule has 1 aliphatic heterocycles. The maximum absolute atomic E-state index is 11.7. The van der Waals surface area contributed by atoms with Crippen LogP contribution in [0.5, 0.6) is 0 Å². The van der Waals surface area contributed by atoms with E-state index in [0.717, 1.165) is 24.4 Å². The molecular weight excluding hydrogens is 256 g/mol. The Morgan fingerprint density at radius 3 is 2.74 bits per heavy atom. The summed E-state index contributed by atoms with van der Waals surface area (Å²) >= 11 is 1.65. The molecule has 1 aliphatic rings. The summed E-state index contributed by atoms with van der Waals surface area (Å²) in [6.07, 6.45) is 7.04.